The van der Waals surface area contributed by atoms with Crippen molar-refractivity contribution in [3.8, 4) is 0 Å². The van der Waals surface area contributed by atoms with Gasteiger partial charge >= 0.3 is 0 Å². The number of nitrogens with zero attached hydrogens (tertiary/aromatic N) is 6. The molecular weight excluding hydrogens is 300 g/mol. The average molecular weight is 335 g/mol. The topological polar surface area (TPSA) is 55.9 Å². The zero-order valence-electron chi connectivity index (χ0n) is 16.6. The number of rotatable bonds is 6. The first kappa shape index (κ1) is 18.9. The molecule has 0 amide bonds. The van der Waals surface area contributed by atoms with Crippen molar-refractivity contribution in [3.05, 3.63) is 0 Å². The molecule has 2 unspecified atom stereocenters. The van der Waals surface area contributed by atoms with Gasteiger partial charge in [0, 0.05) is 23.9 Å². The molecule has 0 saturated heterocycles. The lowest BCUT2D eigenvalue weighted by atomic mass is 10.1. The highest BCUT2D eigenvalue weighted by atomic mass is 15.4. The lowest BCUT2D eigenvalue weighted by Gasteiger charge is -2.26. The molecule has 24 heavy (non-hydrogen) atoms. The number of azo groups is 1. The summed E-state index contributed by atoms with van der Waals surface area (Å²) in [7, 11) is 0. The number of amidine groups is 2. The Morgan fingerprint density at radius 2 is 1.04 bits per heavy atom. The minimum Gasteiger partial charge on any atom is -0.353 e. The third-order valence-corrected chi connectivity index (χ3v) is 4.48. The Bertz CT molecular complexity index is 472. The van der Waals surface area contributed by atoms with Crippen LogP contribution in [-0.4, -0.2) is 59.0 Å². The van der Waals surface area contributed by atoms with Crippen LogP contribution < -0.4 is 0 Å². The summed E-state index contributed by atoms with van der Waals surface area (Å²) < 4.78 is 0. The highest BCUT2D eigenvalue weighted by Crippen LogP contribution is 2.22. The van der Waals surface area contributed by atoms with Gasteiger partial charge < -0.3 is 9.80 Å². The van der Waals surface area contributed by atoms with E-state index in [0.717, 1.165) is 24.8 Å². The van der Waals surface area contributed by atoms with Gasteiger partial charge in [-0.3, -0.25) is 0 Å². The maximum Gasteiger partial charge on any atom is 0.179 e. The van der Waals surface area contributed by atoms with Crippen LogP contribution in [-0.2, 0) is 0 Å². The van der Waals surface area contributed by atoms with Crippen LogP contribution in [0.25, 0.3) is 0 Å². The van der Waals surface area contributed by atoms with Crippen molar-refractivity contribution < 1.29 is 0 Å². The van der Waals surface area contributed by atoms with E-state index in [1.165, 1.54) is 0 Å². The molecule has 2 atom stereocenters. The van der Waals surface area contributed by atoms with Gasteiger partial charge in [0.25, 0.3) is 0 Å². The molecular formula is C18H34N6. The van der Waals surface area contributed by atoms with Gasteiger partial charge in [-0.05, 0) is 27.7 Å². The predicted octanol–water partition coefficient (Wildman–Crippen LogP) is 3.65. The molecule has 2 aliphatic rings. The Morgan fingerprint density at radius 3 is 1.25 bits per heavy atom. The largest absolute Gasteiger partial charge is 0.353 e. The van der Waals surface area contributed by atoms with Crippen LogP contribution >= 0.6 is 0 Å². The maximum atomic E-state index is 4.78. The van der Waals surface area contributed by atoms with Crippen molar-refractivity contribution in [1.82, 2.24) is 9.80 Å². The van der Waals surface area contributed by atoms with E-state index in [4.69, 9.17) is 9.98 Å². The van der Waals surface area contributed by atoms with Crippen LogP contribution in [0, 0.1) is 11.8 Å². The minimum absolute atomic E-state index is 0.0874. The molecule has 0 aromatic carbocycles. The summed E-state index contributed by atoms with van der Waals surface area (Å²) in [6.45, 7) is 19.2. The minimum atomic E-state index is -0.0874. The fourth-order valence-corrected chi connectivity index (χ4v) is 3.26. The van der Waals surface area contributed by atoms with Crippen molar-refractivity contribution in [2.24, 2.45) is 32.0 Å². The van der Waals surface area contributed by atoms with E-state index < -0.39 is 0 Å². The first-order valence-electron chi connectivity index (χ1n) is 9.29. The second-order valence-electron chi connectivity index (χ2n) is 7.97. The summed E-state index contributed by atoms with van der Waals surface area (Å²) in [6.07, 6.45) is -0.175. The summed E-state index contributed by atoms with van der Waals surface area (Å²) in [6, 6.07) is 0.889. The second kappa shape index (κ2) is 7.62. The van der Waals surface area contributed by atoms with Crippen molar-refractivity contribution in [2.45, 2.75) is 79.8 Å². The van der Waals surface area contributed by atoms with Crippen molar-refractivity contribution in [2.75, 3.05) is 13.1 Å². The van der Waals surface area contributed by atoms with Gasteiger partial charge in [0.15, 0.2) is 12.3 Å². The normalized spacial score (nSPS) is 25.2. The molecule has 0 bridgehead atoms. The smallest absolute Gasteiger partial charge is 0.179 e. The zero-order valence-corrected chi connectivity index (χ0v) is 16.6. The molecule has 0 aromatic rings. The van der Waals surface area contributed by atoms with Crippen molar-refractivity contribution in [1.29, 1.82) is 0 Å². The van der Waals surface area contributed by atoms with Gasteiger partial charge in [-0.25, -0.2) is 9.98 Å². The third-order valence-electron chi connectivity index (χ3n) is 4.48. The maximum absolute atomic E-state index is 4.78. The summed E-state index contributed by atoms with van der Waals surface area (Å²) >= 11 is 0. The Balaban J connectivity index is 2.07. The molecule has 2 aliphatic heterocycles. The van der Waals surface area contributed by atoms with E-state index >= 15 is 0 Å². The van der Waals surface area contributed by atoms with Crippen LogP contribution in [0.4, 0.5) is 0 Å². The Hall–Kier alpha value is -1.46. The van der Waals surface area contributed by atoms with Crippen molar-refractivity contribution >= 4 is 11.7 Å². The van der Waals surface area contributed by atoms with Crippen LogP contribution in [0.15, 0.2) is 20.2 Å². The molecule has 6 nitrogen and oxygen atoms in total. The van der Waals surface area contributed by atoms with Gasteiger partial charge in [-0.1, -0.05) is 27.7 Å². The lowest BCUT2D eigenvalue weighted by molar-refractivity contribution is 0.335. The van der Waals surface area contributed by atoms with Crippen LogP contribution in [0.1, 0.15) is 55.4 Å². The summed E-state index contributed by atoms with van der Waals surface area (Å²) in [4.78, 5) is 14.2. The standard InChI is InChI=1S/C18H34N6/c1-11(2)17-19-15(9-23(17)13(5)6)21-22-16-10-24(14(7)8)18(20-16)12(3)4/h11-16H,9-10H2,1-8H3/b22-21+. The number of aliphatic imine (C=N–C) groups is 2. The van der Waals surface area contributed by atoms with Gasteiger partial charge in [-0.2, -0.15) is 10.2 Å². The molecule has 2 rings (SSSR count). The van der Waals surface area contributed by atoms with Crippen LogP contribution in [0.2, 0.25) is 0 Å². The quantitative estimate of drug-likeness (QED) is 0.696. The first-order chi connectivity index (χ1) is 11.2. The van der Waals surface area contributed by atoms with Crippen LogP contribution in [0.5, 0.6) is 0 Å². The monoisotopic (exact) mass is 334 g/mol. The van der Waals surface area contributed by atoms with Crippen LogP contribution in [0.3, 0.4) is 0 Å². The van der Waals surface area contributed by atoms with Gasteiger partial charge in [0.05, 0.1) is 13.1 Å². The molecule has 0 radical (unpaired) electrons. The molecule has 136 valence electrons. The van der Waals surface area contributed by atoms with Crippen molar-refractivity contribution in [3.63, 3.8) is 0 Å². The van der Waals surface area contributed by atoms with E-state index in [2.05, 4.69) is 75.4 Å². The highest BCUT2D eigenvalue weighted by molar-refractivity contribution is 5.86. The molecule has 0 aromatic heterocycles. The summed E-state index contributed by atoms with van der Waals surface area (Å²) in [5.41, 5.74) is 0. The van der Waals surface area contributed by atoms with E-state index in [1.807, 2.05) is 0 Å². The van der Waals surface area contributed by atoms with E-state index in [1.54, 1.807) is 0 Å². The Kier molecular flexibility index (Phi) is 5.99. The fourth-order valence-electron chi connectivity index (χ4n) is 3.26. The SMILES string of the molecule is CC(C)C1=NC(/N=N/C2CN(C(C)C)C(C(C)C)=N2)CN1C(C)C. The number of hydrogen-bond acceptors (Lipinski definition) is 6. The highest BCUT2D eigenvalue weighted by Gasteiger charge is 2.31. The molecule has 0 aliphatic carbocycles. The second-order valence-corrected chi connectivity index (χ2v) is 7.97. The van der Waals surface area contributed by atoms with Gasteiger partial charge in [0.2, 0.25) is 0 Å². The predicted molar refractivity (Wildman–Crippen MR) is 101 cm³/mol. The van der Waals surface area contributed by atoms with E-state index in [0.29, 0.717) is 23.9 Å². The van der Waals surface area contributed by atoms with E-state index in [-0.39, 0.29) is 12.3 Å². The first-order valence-corrected chi connectivity index (χ1v) is 9.29. The molecule has 0 saturated carbocycles. The zero-order chi connectivity index (χ0) is 18.0. The van der Waals surface area contributed by atoms with Gasteiger partial charge in [0.1, 0.15) is 11.7 Å². The Morgan fingerprint density at radius 1 is 0.708 bits per heavy atom. The molecule has 2 heterocycles. The average Bonchev–Trinajstić information content (AvgIpc) is 3.09. The number of hydrogen-bond donors (Lipinski definition) is 0. The van der Waals surface area contributed by atoms with Gasteiger partial charge in [-0.15, -0.1) is 0 Å². The molecule has 6 heteroatoms. The molecule has 0 spiro atoms. The lowest BCUT2D eigenvalue weighted by Crippen LogP contribution is -2.37. The Labute approximate surface area is 147 Å². The molecule has 0 fully saturated rings. The summed E-state index contributed by atoms with van der Waals surface area (Å²) in [5, 5.41) is 9.04. The molecule has 0 N–H and O–H groups in total. The third kappa shape index (κ3) is 4.14. The summed E-state index contributed by atoms with van der Waals surface area (Å²) in [5.74, 6) is 3.13. The van der Waals surface area contributed by atoms with E-state index in [9.17, 15) is 0 Å². The fraction of sp³-hybridized carbons (Fsp3) is 0.889.